The van der Waals surface area contributed by atoms with Gasteiger partial charge in [-0.2, -0.15) is 4.98 Å². The number of nitrogens with zero attached hydrogens (tertiary/aromatic N) is 4. The fraction of sp³-hybridized carbons (Fsp3) is 0.368. The number of aliphatic hydroxyl groups excluding tert-OH is 2. The van der Waals surface area contributed by atoms with Crippen molar-refractivity contribution in [2.24, 2.45) is 5.73 Å². The molecule has 0 radical (unpaired) electrons. The number of aryl methyl sites for hydroxylation is 1. The summed E-state index contributed by atoms with van der Waals surface area (Å²) in [5, 5.41) is 34.6. The van der Waals surface area contributed by atoms with E-state index in [-0.39, 0.29) is 29.2 Å². The molecule has 4 unspecified atom stereocenters. The minimum Gasteiger partial charge on any atom is -0.491 e. The van der Waals surface area contributed by atoms with E-state index in [4.69, 9.17) is 36.3 Å². The molecule has 1 aliphatic heterocycles. The second-order valence-electron chi connectivity index (χ2n) is 13.3. The van der Waals surface area contributed by atoms with Crippen LogP contribution in [0.25, 0.3) is 5.57 Å². The number of allylic oxidation sites excluding steroid dienone is 3. The van der Waals surface area contributed by atoms with E-state index in [1.54, 1.807) is 36.7 Å². The number of pyridine rings is 1. The van der Waals surface area contributed by atoms with Crippen LogP contribution in [-0.2, 0) is 28.1 Å². The Balaban J connectivity index is 1.29. The number of halogens is 2. The molecule has 2 aromatic carbocycles. The van der Waals surface area contributed by atoms with Gasteiger partial charge in [-0.25, -0.2) is 0 Å². The first kappa shape index (κ1) is 37.8. The number of carboxylic acids is 1. The second kappa shape index (κ2) is 16.4. The number of carboxylic acid groups (broad SMARTS) is 1. The summed E-state index contributed by atoms with van der Waals surface area (Å²) in [6, 6.07) is 16.4. The Morgan fingerprint density at radius 3 is 2.69 bits per heavy atom. The molecule has 0 amide bonds. The largest absolute Gasteiger partial charge is 0.491 e. The predicted octanol–water partition coefficient (Wildman–Crippen LogP) is 5.15. The van der Waals surface area contributed by atoms with Crippen LogP contribution in [0.2, 0.25) is 5.02 Å². The average molecular weight is 795 g/mol. The molecule has 52 heavy (non-hydrogen) atoms. The number of aromatic nitrogens is 3. The zero-order valence-electron chi connectivity index (χ0n) is 28.6. The number of likely N-dealkylation sites (tertiary alicyclic amines) is 1. The van der Waals surface area contributed by atoms with E-state index >= 15 is 0 Å². The standard InChI is InChI=1S/C38H41BrClN5O7/c1-24-6-2-3-8-28(24)29-9-4-14-37(33(29)39,35-43-32(44-52-35)20-45-16-12-27(47)13-17-45)23-51-31-11-10-26(18-30(31)40)34(38(41,22-46)36(48)49)50-21-25-7-5-15-42-19-25/h2-11,14-15,18-19,27,33-34,46-47H,12-13,16-17,20-23,41H2,1H3,(H,48,49). The van der Waals surface area contributed by atoms with E-state index in [9.17, 15) is 20.1 Å². The summed E-state index contributed by atoms with van der Waals surface area (Å²) in [5.74, 6) is -0.250. The van der Waals surface area contributed by atoms with E-state index < -0.39 is 29.6 Å². The van der Waals surface area contributed by atoms with Crippen molar-refractivity contribution < 1.29 is 34.1 Å². The number of aliphatic carboxylic acids is 1. The molecule has 2 aromatic heterocycles. The van der Waals surface area contributed by atoms with Crippen LogP contribution >= 0.6 is 27.5 Å². The third-order valence-electron chi connectivity index (χ3n) is 9.63. The lowest BCUT2D eigenvalue weighted by Crippen LogP contribution is -2.56. The third kappa shape index (κ3) is 8.01. The number of ether oxygens (including phenoxy) is 2. The van der Waals surface area contributed by atoms with Crippen molar-refractivity contribution in [2.75, 3.05) is 26.3 Å². The number of rotatable bonds is 14. The van der Waals surface area contributed by atoms with E-state index in [1.807, 2.05) is 30.4 Å². The van der Waals surface area contributed by atoms with Crippen LogP contribution in [0.4, 0.5) is 0 Å². The maximum Gasteiger partial charge on any atom is 0.329 e. The Kier molecular flexibility index (Phi) is 11.9. The summed E-state index contributed by atoms with van der Waals surface area (Å²) in [4.78, 5) is 23.1. The number of hydrogen-bond donors (Lipinski definition) is 4. The predicted molar refractivity (Wildman–Crippen MR) is 198 cm³/mol. The number of benzene rings is 2. The minimum atomic E-state index is -2.17. The molecular formula is C38H41BrClN5O7. The molecule has 1 fully saturated rings. The number of nitrogens with two attached hydrogens (primary N) is 1. The molecular weight excluding hydrogens is 754 g/mol. The first-order chi connectivity index (χ1) is 25.0. The highest BCUT2D eigenvalue weighted by Crippen LogP contribution is 2.45. The molecule has 12 nitrogen and oxygen atoms in total. The van der Waals surface area contributed by atoms with Gasteiger partial charge in [0.2, 0.25) is 5.89 Å². The van der Waals surface area contributed by atoms with Gasteiger partial charge in [0.05, 0.1) is 35.7 Å². The Bertz CT molecular complexity index is 1920. The molecule has 4 aromatic rings. The summed E-state index contributed by atoms with van der Waals surface area (Å²) < 4.78 is 18.5. The molecule has 4 atom stereocenters. The van der Waals surface area contributed by atoms with Crippen LogP contribution in [0.15, 0.2) is 89.7 Å². The molecule has 3 heterocycles. The molecule has 1 aliphatic carbocycles. The van der Waals surface area contributed by atoms with Gasteiger partial charge < -0.3 is 35.1 Å². The molecule has 0 saturated carbocycles. The third-order valence-corrected chi connectivity index (χ3v) is 11.2. The molecule has 5 N–H and O–H groups in total. The molecule has 274 valence electrons. The van der Waals surface area contributed by atoms with Crippen LogP contribution in [0, 0.1) is 6.92 Å². The second-order valence-corrected chi connectivity index (χ2v) is 14.6. The number of piperidine rings is 1. The maximum atomic E-state index is 12.3. The van der Waals surface area contributed by atoms with Crippen molar-refractivity contribution in [3.05, 3.63) is 124 Å². The van der Waals surface area contributed by atoms with Gasteiger partial charge in [0.1, 0.15) is 23.9 Å². The number of aliphatic hydroxyl groups is 2. The highest BCUT2D eigenvalue weighted by Gasteiger charge is 2.47. The molecule has 14 heteroatoms. The molecule has 0 bridgehead atoms. The molecule has 2 aliphatic rings. The van der Waals surface area contributed by atoms with Crippen LogP contribution in [0.5, 0.6) is 5.75 Å². The Hall–Kier alpha value is -3.95. The van der Waals surface area contributed by atoms with Crippen LogP contribution < -0.4 is 10.5 Å². The van der Waals surface area contributed by atoms with Gasteiger partial charge in [0.25, 0.3) is 0 Å². The van der Waals surface area contributed by atoms with Crippen molar-refractivity contribution >= 4 is 39.1 Å². The molecule has 0 spiro atoms. The average Bonchev–Trinajstić information content (AvgIpc) is 3.62. The van der Waals surface area contributed by atoms with Gasteiger partial charge in [0.15, 0.2) is 11.4 Å². The fourth-order valence-electron chi connectivity index (χ4n) is 6.50. The van der Waals surface area contributed by atoms with Crippen LogP contribution in [-0.4, -0.2) is 84.1 Å². The summed E-state index contributed by atoms with van der Waals surface area (Å²) >= 11 is 10.8. The van der Waals surface area contributed by atoms with Crippen molar-refractivity contribution in [3.8, 4) is 5.75 Å². The van der Waals surface area contributed by atoms with Crippen LogP contribution in [0.1, 0.15) is 52.9 Å². The lowest BCUT2D eigenvalue weighted by atomic mass is 9.76. The van der Waals surface area contributed by atoms with Crippen molar-refractivity contribution in [3.63, 3.8) is 0 Å². The fourth-order valence-corrected chi connectivity index (χ4v) is 7.63. The topological polar surface area (TPSA) is 177 Å². The van der Waals surface area contributed by atoms with Gasteiger partial charge in [-0.15, -0.1) is 0 Å². The zero-order chi connectivity index (χ0) is 36.9. The summed E-state index contributed by atoms with van der Waals surface area (Å²) in [6.07, 6.45) is 9.01. The maximum absolute atomic E-state index is 12.3. The van der Waals surface area contributed by atoms with Gasteiger partial charge in [0, 0.05) is 25.5 Å². The summed E-state index contributed by atoms with van der Waals surface area (Å²) in [6.45, 7) is 3.14. The normalized spacial score (nSPS) is 21.3. The first-order valence-electron chi connectivity index (χ1n) is 16.9. The van der Waals surface area contributed by atoms with Gasteiger partial charge >= 0.3 is 5.97 Å². The number of carbonyl (C=O) groups is 1. The zero-order valence-corrected chi connectivity index (χ0v) is 30.9. The van der Waals surface area contributed by atoms with Gasteiger partial charge in [-0.3, -0.25) is 14.7 Å². The highest BCUT2D eigenvalue weighted by atomic mass is 79.9. The highest BCUT2D eigenvalue weighted by molar-refractivity contribution is 9.09. The Morgan fingerprint density at radius 1 is 1.21 bits per heavy atom. The summed E-state index contributed by atoms with van der Waals surface area (Å²) in [7, 11) is 0. The van der Waals surface area contributed by atoms with Crippen LogP contribution in [0.3, 0.4) is 0 Å². The summed E-state index contributed by atoms with van der Waals surface area (Å²) in [5.41, 5.74) is 7.28. The van der Waals surface area contributed by atoms with E-state index in [0.29, 0.717) is 48.0 Å². The van der Waals surface area contributed by atoms with E-state index in [1.165, 1.54) is 6.07 Å². The van der Waals surface area contributed by atoms with E-state index in [2.05, 4.69) is 50.0 Å². The van der Waals surface area contributed by atoms with E-state index in [0.717, 1.165) is 29.8 Å². The SMILES string of the molecule is Cc1ccccc1C1=CC=CC(COc2ccc(C(OCc3cccnc3)C(N)(CO)C(=O)O)cc2Cl)(c2nc(CN3CCC(O)CC3)no2)C1Br. The molecule has 1 saturated heterocycles. The number of hydrogen-bond acceptors (Lipinski definition) is 11. The van der Waals surface area contributed by atoms with Gasteiger partial charge in [-0.1, -0.05) is 87.3 Å². The van der Waals surface area contributed by atoms with Gasteiger partial charge in [-0.05, 0) is 65.8 Å². The minimum absolute atomic E-state index is 0.00920. The van der Waals surface area contributed by atoms with Crippen molar-refractivity contribution in [1.82, 2.24) is 20.0 Å². The smallest absolute Gasteiger partial charge is 0.329 e. The number of alkyl halides is 1. The van der Waals surface area contributed by atoms with Crippen molar-refractivity contribution in [2.45, 2.75) is 60.9 Å². The Labute approximate surface area is 315 Å². The monoisotopic (exact) mass is 793 g/mol. The molecule has 6 rings (SSSR count). The lowest BCUT2D eigenvalue weighted by molar-refractivity contribution is -0.154. The first-order valence-corrected chi connectivity index (χ1v) is 18.2. The lowest BCUT2D eigenvalue weighted by Gasteiger charge is -2.36. The van der Waals surface area contributed by atoms with Crippen molar-refractivity contribution in [1.29, 1.82) is 0 Å². The quantitative estimate of drug-likeness (QED) is 0.124. The Morgan fingerprint density at radius 2 is 2.00 bits per heavy atom.